The summed E-state index contributed by atoms with van der Waals surface area (Å²) in [6.07, 6.45) is 3.66. The Hall–Kier alpha value is -1.32. The molecule has 1 fully saturated rings. The molecule has 2 N–H and O–H groups in total. The van der Waals surface area contributed by atoms with Crippen molar-refractivity contribution in [3.63, 3.8) is 0 Å². The first-order valence-electron chi connectivity index (χ1n) is 6.53. The molecule has 0 spiro atoms. The van der Waals surface area contributed by atoms with E-state index in [1.165, 1.54) is 19.3 Å². The van der Waals surface area contributed by atoms with Gasteiger partial charge >= 0.3 is 0 Å². The van der Waals surface area contributed by atoms with Gasteiger partial charge in [-0.2, -0.15) is 0 Å². The number of hydrogen-bond acceptors (Lipinski definition) is 4. The van der Waals surface area contributed by atoms with E-state index in [0.29, 0.717) is 11.8 Å². The Bertz CT molecular complexity index is 374. The fraction of sp³-hybridized carbons (Fsp3) is 0.692. The molecule has 1 unspecified atom stereocenters. The molecule has 0 saturated heterocycles. The zero-order chi connectivity index (χ0) is 12.3. The lowest BCUT2D eigenvalue weighted by Gasteiger charge is -2.12. The molecule has 0 aromatic carbocycles. The smallest absolute Gasteiger partial charge is 0.136 e. The Balaban J connectivity index is 2.06. The molecular weight excluding hydrogens is 212 g/mol. The summed E-state index contributed by atoms with van der Waals surface area (Å²) in [5.74, 6) is 4.11. The maximum atomic E-state index is 4.59. The van der Waals surface area contributed by atoms with E-state index in [4.69, 9.17) is 0 Å². The SMILES string of the molecule is CCC(C)CNc1cc(NC)nc(C2CC2)n1. The van der Waals surface area contributed by atoms with Gasteiger partial charge in [-0.25, -0.2) is 9.97 Å². The molecule has 1 aliphatic rings. The first-order valence-corrected chi connectivity index (χ1v) is 6.53. The fourth-order valence-corrected chi connectivity index (χ4v) is 1.63. The van der Waals surface area contributed by atoms with E-state index < -0.39 is 0 Å². The highest BCUT2D eigenvalue weighted by Crippen LogP contribution is 2.38. The maximum Gasteiger partial charge on any atom is 0.136 e. The van der Waals surface area contributed by atoms with Crippen molar-refractivity contribution < 1.29 is 0 Å². The minimum absolute atomic E-state index is 0.590. The lowest BCUT2D eigenvalue weighted by atomic mass is 10.1. The van der Waals surface area contributed by atoms with Gasteiger partial charge in [0.15, 0.2) is 0 Å². The van der Waals surface area contributed by atoms with Crippen LogP contribution in [0, 0.1) is 5.92 Å². The second kappa shape index (κ2) is 5.34. The van der Waals surface area contributed by atoms with Crippen LogP contribution in [0.15, 0.2) is 6.07 Å². The maximum absolute atomic E-state index is 4.59. The molecule has 2 rings (SSSR count). The Morgan fingerprint density at radius 1 is 1.35 bits per heavy atom. The van der Waals surface area contributed by atoms with Gasteiger partial charge in [0.1, 0.15) is 17.5 Å². The van der Waals surface area contributed by atoms with Crippen LogP contribution in [0.5, 0.6) is 0 Å². The summed E-state index contributed by atoms with van der Waals surface area (Å²) in [4.78, 5) is 9.09. The van der Waals surface area contributed by atoms with Crippen molar-refractivity contribution in [3.05, 3.63) is 11.9 Å². The number of nitrogens with zero attached hydrogens (tertiary/aromatic N) is 2. The number of aromatic nitrogens is 2. The van der Waals surface area contributed by atoms with Gasteiger partial charge in [0.25, 0.3) is 0 Å². The zero-order valence-electron chi connectivity index (χ0n) is 11.0. The Labute approximate surface area is 103 Å². The molecule has 4 nitrogen and oxygen atoms in total. The molecule has 1 aromatic heterocycles. The van der Waals surface area contributed by atoms with Crippen molar-refractivity contribution >= 4 is 11.6 Å². The van der Waals surface area contributed by atoms with Crippen LogP contribution < -0.4 is 10.6 Å². The molecule has 0 radical (unpaired) electrons. The van der Waals surface area contributed by atoms with Crippen LogP contribution in [0.25, 0.3) is 0 Å². The fourth-order valence-electron chi connectivity index (χ4n) is 1.63. The number of nitrogens with one attached hydrogen (secondary N) is 2. The van der Waals surface area contributed by atoms with Crippen LogP contribution in [0.3, 0.4) is 0 Å². The summed E-state index contributed by atoms with van der Waals surface area (Å²) in [6, 6.07) is 1.98. The van der Waals surface area contributed by atoms with Gasteiger partial charge in [0.2, 0.25) is 0 Å². The first kappa shape index (κ1) is 12.1. The van der Waals surface area contributed by atoms with Crippen molar-refractivity contribution in [2.45, 2.75) is 39.0 Å². The zero-order valence-corrected chi connectivity index (χ0v) is 11.0. The summed E-state index contributed by atoms with van der Waals surface area (Å²) in [6.45, 7) is 5.43. The van der Waals surface area contributed by atoms with E-state index in [1.807, 2.05) is 13.1 Å². The number of rotatable bonds is 6. The van der Waals surface area contributed by atoms with Crippen LogP contribution in [-0.2, 0) is 0 Å². The van der Waals surface area contributed by atoms with Crippen LogP contribution in [-0.4, -0.2) is 23.6 Å². The third-order valence-corrected chi connectivity index (χ3v) is 3.27. The minimum Gasteiger partial charge on any atom is -0.373 e. The molecule has 17 heavy (non-hydrogen) atoms. The topological polar surface area (TPSA) is 49.8 Å². The van der Waals surface area contributed by atoms with Gasteiger partial charge in [-0.05, 0) is 18.8 Å². The molecular formula is C13H22N4. The highest BCUT2D eigenvalue weighted by molar-refractivity contribution is 5.47. The Morgan fingerprint density at radius 3 is 2.65 bits per heavy atom. The van der Waals surface area contributed by atoms with Gasteiger partial charge < -0.3 is 10.6 Å². The van der Waals surface area contributed by atoms with Crippen molar-refractivity contribution in [2.75, 3.05) is 24.2 Å². The standard InChI is InChI=1S/C13H22N4/c1-4-9(2)8-15-12-7-11(14-3)16-13(17-12)10-5-6-10/h7,9-10H,4-6,8H2,1-3H3,(H2,14,15,16,17). The largest absolute Gasteiger partial charge is 0.373 e. The number of hydrogen-bond donors (Lipinski definition) is 2. The van der Waals surface area contributed by atoms with E-state index in [0.717, 1.165) is 24.0 Å². The molecule has 4 heteroatoms. The average molecular weight is 234 g/mol. The minimum atomic E-state index is 0.590. The van der Waals surface area contributed by atoms with Gasteiger partial charge in [0.05, 0.1) is 0 Å². The summed E-state index contributed by atoms with van der Waals surface area (Å²) >= 11 is 0. The third kappa shape index (κ3) is 3.32. The van der Waals surface area contributed by atoms with E-state index in [2.05, 4.69) is 34.4 Å². The second-order valence-electron chi connectivity index (χ2n) is 4.92. The summed E-state index contributed by atoms with van der Waals surface area (Å²) < 4.78 is 0. The monoisotopic (exact) mass is 234 g/mol. The van der Waals surface area contributed by atoms with E-state index in [-0.39, 0.29) is 0 Å². The molecule has 94 valence electrons. The third-order valence-electron chi connectivity index (χ3n) is 3.27. The van der Waals surface area contributed by atoms with Gasteiger partial charge in [0, 0.05) is 25.6 Å². The molecule has 0 amide bonds. The highest BCUT2D eigenvalue weighted by Gasteiger charge is 2.27. The summed E-state index contributed by atoms with van der Waals surface area (Å²) in [7, 11) is 1.90. The van der Waals surface area contributed by atoms with Crippen molar-refractivity contribution in [1.82, 2.24) is 9.97 Å². The van der Waals surface area contributed by atoms with Gasteiger partial charge in [-0.1, -0.05) is 20.3 Å². The average Bonchev–Trinajstić information content (AvgIpc) is 3.19. The van der Waals surface area contributed by atoms with E-state index in [1.54, 1.807) is 0 Å². The molecule has 1 aromatic rings. The molecule has 0 aliphatic heterocycles. The van der Waals surface area contributed by atoms with Gasteiger partial charge in [-0.3, -0.25) is 0 Å². The van der Waals surface area contributed by atoms with E-state index >= 15 is 0 Å². The van der Waals surface area contributed by atoms with Gasteiger partial charge in [-0.15, -0.1) is 0 Å². The first-order chi connectivity index (χ1) is 8.22. The van der Waals surface area contributed by atoms with Crippen molar-refractivity contribution in [3.8, 4) is 0 Å². The summed E-state index contributed by atoms with van der Waals surface area (Å²) in [5, 5.41) is 6.50. The lowest BCUT2D eigenvalue weighted by molar-refractivity contribution is 0.592. The van der Waals surface area contributed by atoms with Crippen LogP contribution in [0.1, 0.15) is 44.9 Å². The Kier molecular flexibility index (Phi) is 3.82. The molecule has 1 aliphatic carbocycles. The van der Waals surface area contributed by atoms with Crippen LogP contribution >= 0.6 is 0 Å². The number of anilines is 2. The predicted molar refractivity (Wildman–Crippen MR) is 71.5 cm³/mol. The normalized spacial score (nSPS) is 16.6. The van der Waals surface area contributed by atoms with Crippen molar-refractivity contribution in [2.24, 2.45) is 5.92 Å². The van der Waals surface area contributed by atoms with Crippen LogP contribution in [0.2, 0.25) is 0 Å². The lowest BCUT2D eigenvalue weighted by Crippen LogP contribution is -2.12. The predicted octanol–water partition coefficient (Wildman–Crippen LogP) is 2.85. The Morgan fingerprint density at radius 2 is 2.06 bits per heavy atom. The highest BCUT2D eigenvalue weighted by atomic mass is 15.1. The van der Waals surface area contributed by atoms with Crippen molar-refractivity contribution in [1.29, 1.82) is 0 Å². The molecule has 1 atom stereocenters. The molecule has 0 bridgehead atoms. The van der Waals surface area contributed by atoms with E-state index in [9.17, 15) is 0 Å². The van der Waals surface area contributed by atoms with Crippen LogP contribution in [0.4, 0.5) is 11.6 Å². The molecule has 1 saturated carbocycles. The molecule has 1 heterocycles. The summed E-state index contributed by atoms with van der Waals surface area (Å²) in [5.41, 5.74) is 0. The quantitative estimate of drug-likeness (QED) is 0.794. The second-order valence-corrected chi connectivity index (χ2v) is 4.92.